The third-order valence-corrected chi connectivity index (χ3v) is 2.15. The predicted molar refractivity (Wildman–Crippen MR) is 60.7 cm³/mol. The summed E-state index contributed by atoms with van der Waals surface area (Å²) in [5, 5.41) is 3.02. The maximum absolute atomic E-state index is 11.9. The van der Waals surface area contributed by atoms with Crippen molar-refractivity contribution >= 4 is 6.08 Å². The molecule has 1 aromatic carbocycles. The Kier molecular flexibility index (Phi) is 4.57. The summed E-state index contributed by atoms with van der Waals surface area (Å²) in [7, 11) is 1.83. The normalized spacial score (nSPS) is 13.9. The van der Waals surface area contributed by atoms with Gasteiger partial charge in [-0.05, 0) is 31.7 Å². The standard InChI is InChI=1S/C12H14F3NO/c1-9(16-2)3-4-10-5-7-11(8-6-10)17-12(13,14)15/h3-9,16H,1-2H3/b4-3+/t9-/m1/s1. The zero-order valence-corrected chi connectivity index (χ0v) is 9.58. The molecule has 0 spiro atoms. The van der Waals surface area contributed by atoms with Crippen molar-refractivity contribution in [3.05, 3.63) is 35.9 Å². The molecule has 0 amide bonds. The monoisotopic (exact) mass is 245 g/mol. The summed E-state index contributed by atoms with van der Waals surface area (Å²) in [6, 6.07) is 5.93. The van der Waals surface area contributed by atoms with Gasteiger partial charge in [0.05, 0.1) is 0 Å². The van der Waals surface area contributed by atoms with Crippen LogP contribution in [-0.4, -0.2) is 19.5 Å². The second-order valence-electron chi connectivity index (χ2n) is 3.55. The number of nitrogens with one attached hydrogen (secondary N) is 1. The van der Waals surface area contributed by atoms with Crippen LogP contribution in [-0.2, 0) is 0 Å². The van der Waals surface area contributed by atoms with Crippen molar-refractivity contribution in [3.63, 3.8) is 0 Å². The molecule has 2 nitrogen and oxygen atoms in total. The molecule has 1 aromatic rings. The highest BCUT2D eigenvalue weighted by molar-refractivity contribution is 5.51. The van der Waals surface area contributed by atoms with E-state index in [-0.39, 0.29) is 11.8 Å². The third kappa shape index (κ3) is 5.40. The molecule has 94 valence electrons. The number of halogens is 3. The summed E-state index contributed by atoms with van der Waals surface area (Å²) in [6.07, 6.45) is -0.893. The van der Waals surface area contributed by atoms with E-state index < -0.39 is 6.36 Å². The summed E-state index contributed by atoms with van der Waals surface area (Å²) < 4.78 is 39.5. The molecule has 0 radical (unpaired) electrons. The minimum atomic E-state index is -4.64. The smallest absolute Gasteiger partial charge is 0.406 e. The fourth-order valence-electron chi connectivity index (χ4n) is 1.13. The van der Waals surface area contributed by atoms with Crippen LogP contribution in [0.15, 0.2) is 30.3 Å². The minimum absolute atomic E-state index is 0.209. The van der Waals surface area contributed by atoms with Crippen LogP contribution in [0.2, 0.25) is 0 Å². The molecule has 0 aromatic heterocycles. The molecule has 5 heteroatoms. The minimum Gasteiger partial charge on any atom is -0.406 e. The van der Waals surface area contributed by atoms with Crippen LogP contribution in [0.5, 0.6) is 5.75 Å². The Balaban J connectivity index is 2.65. The molecule has 0 unspecified atom stereocenters. The topological polar surface area (TPSA) is 21.3 Å². The Morgan fingerprint density at radius 2 is 1.82 bits per heavy atom. The van der Waals surface area contributed by atoms with E-state index in [4.69, 9.17) is 0 Å². The van der Waals surface area contributed by atoms with Crippen LogP contribution < -0.4 is 10.1 Å². The van der Waals surface area contributed by atoms with Gasteiger partial charge < -0.3 is 10.1 Å². The lowest BCUT2D eigenvalue weighted by Gasteiger charge is -2.08. The predicted octanol–water partition coefficient (Wildman–Crippen LogP) is 3.21. The fourth-order valence-corrected chi connectivity index (χ4v) is 1.13. The van der Waals surface area contributed by atoms with Gasteiger partial charge in [0.1, 0.15) is 5.75 Å². The number of alkyl halides is 3. The first-order valence-corrected chi connectivity index (χ1v) is 5.12. The first-order valence-electron chi connectivity index (χ1n) is 5.12. The number of hydrogen-bond acceptors (Lipinski definition) is 2. The van der Waals surface area contributed by atoms with E-state index in [2.05, 4.69) is 10.1 Å². The zero-order valence-electron chi connectivity index (χ0n) is 9.58. The van der Waals surface area contributed by atoms with E-state index in [1.54, 1.807) is 12.1 Å². The van der Waals surface area contributed by atoms with Gasteiger partial charge in [-0.2, -0.15) is 0 Å². The number of rotatable bonds is 4. The van der Waals surface area contributed by atoms with Gasteiger partial charge in [-0.1, -0.05) is 24.3 Å². The summed E-state index contributed by atoms with van der Waals surface area (Å²) in [4.78, 5) is 0. The zero-order chi connectivity index (χ0) is 12.9. The van der Waals surface area contributed by atoms with Gasteiger partial charge in [-0.15, -0.1) is 13.2 Å². The van der Waals surface area contributed by atoms with E-state index >= 15 is 0 Å². The Hall–Kier alpha value is -1.49. The Morgan fingerprint density at radius 3 is 2.29 bits per heavy atom. The highest BCUT2D eigenvalue weighted by Crippen LogP contribution is 2.22. The number of likely N-dealkylation sites (N-methyl/N-ethyl adjacent to an activating group) is 1. The van der Waals surface area contributed by atoms with Crippen molar-refractivity contribution in [1.82, 2.24) is 5.32 Å². The van der Waals surface area contributed by atoms with Crippen molar-refractivity contribution in [2.24, 2.45) is 0 Å². The summed E-state index contributed by atoms with van der Waals surface area (Å²) in [5.74, 6) is -0.212. The molecule has 0 aliphatic carbocycles. The number of benzene rings is 1. The molecule has 1 N–H and O–H groups in total. The molecule has 0 saturated carbocycles. The molecule has 1 atom stereocenters. The molecule has 0 heterocycles. The highest BCUT2D eigenvalue weighted by Gasteiger charge is 2.30. The maximum atomic E-state index is 11.9. The lowest BCUT2D eigenvalue weighted by Crippen LogP contribution is -2.17. The van der Waals surface area contributed by atoms with Crippen molar-refractivity contribution in [2.75, 3.05) is 7.05 Å². The highest BCUT2D eigenvalue weighted by atomic mass is 19.4. The molecule has 17 heavy (non-hydrogen) atoms. The van der Waals surface area contributed by atoms with Gasteiger partial charge in [0.15, 0.2) is 0 Å². The molecular formula is C12H14F3NO. The molecule has 0 saturated heterocycles. The van der Waals surface area contributed by atoms with Crippen LogP contribution in [0.25, 0.3) is 6.08 Å². The van der Waals surface area contributed by atoms with E-state index in [9.17, 15) is 13.2 Å². The number of ether oxygens (including phenoxy) is 1. The van der Waals surface area contributed by atoms with E-state index in [1.807, 2.05) is 26.1 Å². The molecule has 0 aliphatic rings. The largest absolute Gasteiger partial charge is 0.573 e. The van der Waals surface area contributed by atoms with Crippen LogP contribution in [0.4, 0.5) is 13.2 Å². The van der Waals surface area contributed by atoms with Crippen LogP contribution in [0.1, 0.15) is 12.5 Å². The van der Waals surface area contributed by atoms with Gasteiger partial charge in [-0.25, -0.2) is 0 Å². The molecule has 0 bridgehead atoms. The van der Waals surface area contributed by atoms with Gasteiger partial charge >= 0.3 is 6.36 Å². The van der Waals surface area contributed by atoms with Crippen LogP contribution in [0, 0.1) is 0 Å². The van der Waals surface area contributed by atoms with E-state index in [1.165, 1.54) is 12.1 Å². The average molecular weight is 245 g/mol. The molecular weight excluding hydrogens is 231 g/mol. The SMILES string of the molecule is CN[C@H](C)/C=C/c1ccc(OC(F)(F)F)cc1. The van der Waals surface area contributed by atoms with Gasteiger partial charge in [0, 0.05) is 6.04 Å². The van der Waals surface area contributed by atoms with Gasteiger partial charge in [0.2, 0.25) is 0 Å². The third-order valence-electron chi connectivity index (χ3n) is 2.15. The molecule has 0 fully saturated rings. The van der Waals surface area contributed by atoms with E-state index in [0.717, 1.165) is 5.56 Å². The molecule has 1 rings (SSSR count). The number of hydrogen-bond donors (Lipinski definition) is 1. The average Bonchev–Trinajstić information content (AvgIpc) is 2.25. The maximum Gasteiger partial charge on any atom is 0.573 e. The van der Waals surface area contributed by atoms with Gasteiger partial charge in [0.25, 0.3) is 0 Å². The molecule has 0 aliphatic heterocycles. The van der Waals surface area contributed by atoms with Crippen LogP contribution in [0.3, 0.4) is 0 Å². The quantitative estimate of drug-likeness (QED) is 0.879. The second kappa shape index (κ2) is 5.72. The fraction of sp³-hybridized carbons (Fsp3) is 0.333. The lowest BCUT2D eigenvalue weighted by molar-refractivity contribution is -0.274. The Morgan fingerprint density at radius 1 is 1.24 bits per heavy atom. The summed E-state index contributed by atoms with van der Waals surface area (Å²) in [6.45, 7) is 1.97. The van der Waals surface area contributed by atoms with E-state index in [0.29, 0.717) is 0 Å². The van der Waals surface area contributed by atoms with Crippen molar-refractivity contribution in [1.29, 1.82) is 0 Å². The first-order chi connectivity index (χ1) is 7.90. The Bertz CT molecular complexity index is 370. The van der Waals surface area contributed by atoms with Crippen molar-refractivity contribution in [3.8, 4) is 5.75 Å². The van der Waals surface area contributed by atoms with Gasteiger partial charge in [-0.3, -0.25) is 0 Å². The second-order valence-corrected chi connectivity index (χ2v) is 3.55. The lowest BCUT2D eigenvalue weighted by atomic mass is 10.2. The first kappa shape index (κ1) is 13.6. The summed E-state index contributed by atoms with van der Waals surface area (Å²) >= 11 is 0. The van der Waals surface area contributed by atoms with Crippen molar-refractivity contribution < 1.29 is 17.9 Å². The summed E-state index contributed by atoms with van der Waals surface area (Å²) in [5.41, 5.74) is 0.821. The van der Waals surface area contributed by atoms with Crippen molar-refractivity contribution in [2.45, 2.75) is 19.3 Å². The van der Waals surface area contributed by atoms with Crippen LogP contribution >= 0.6 is 0 Å². The Labute approximate surface area is 98.1 Å².